The normalized spacial score (nSPS) is 23.0. The summed E-state index contributed by atoms with van der Waals surface area (Å²) in [6.07, 6.45) is 9.90. The Morgan fingerprint density at radius 3 is 3.00 bits per heavy atom. The third kappa shape index (κ3) is 3.06. The van der Waals surface area contributed by atoms with Gasteiger partial charge in [0.05, 0.1) is 6.54 Å². The largest absolute Gasteiger partial charge is 0.338 e. The van der Waals surface area contributed by atoms with Crippen LogP contribution in [0.1, 0.15) is 49.1 Å². The van der Waals surface area contributed by atoms with Gasteiger partial charge in [0.1, 0.15) is 5.82 Å². The van der Waals surface area contributed by atoms with Crippen molar-refractivity contribution in [3.63, 3.8) is 0 Å². The third-order valence-electron chi connectivity index (χ3n) is 4.78. The van der Waals surface area contributed by atoms with Crippen LogP contribution in [0.2, 0.25) is 0 Å². The van der Waals surface area contributed by atoms with Crippen LogP contribution in [-0.2, 0) is 20.0 Å². The first kappa shape index (κ1) is 13.9. The van der Waals surface area contributed by atoms with Crippen LogP contribution in [-0.4, -0.2) is 37.7 Å². The number of hydrogen-bond donors (Lipinski definition) is 0. The zero-order valence-corrected chi connectivity index (χ0v) is 13.1. The highest BCUT2D eigenvalue weighted by Crippen LogP contribution is 2.38. The van der Waals surface area contributed by atoms with Crippen LogP contribution in [0.25, 0.3) is 0 Å². The minimum atomic E-state index is 0.565. The lowest BCUT2D eigenvalue weighted by Gasteiger charge is -2.31. The van der Waals surface area contributed by atoms with Crippen molar-refractivity contribution in [2.45, 2.75) is 44.6 Å². The summed E-state index contributed by atoms with van der Waals surface area (Å²) in [5, 5.41) is 4.11. The lowest BCUT2D eigenvalue weighted by molar-refractivity contribution is 0.148. The number of hydrogen-bond acceptors (Lipinski definition) is 5. The van der Waals surface area contributed by atoms with Crippen molar-refractivity contribution in [1.82, 2.24) is 24.6 Å². The molecule has 1 saturated heterocycles. The van der Waals surface area contributed by atoms with Crippen LogP contribution >= 0.6 is 0 Å². The molecule has 2 aliphatic rings. The molecule has 1 aliphatic heterocycles. The standard InChI is InChI=1S/C16H23N5O/c1-20-8-6-17-14(20)9-12-3-2-7-21(10-12)11-15-18-16(19-22-15)13-4-5-13/h6,8,12-13H,2-5,7,9-11H2,1H3/t12-/m1/s1. The molecule has 3 heterocycles. The van der Waals surface area contributed by atoms with Gasteiger partial charge in [-0.2, -0.15) is 4.98 Å². The fourth-order valence-corrected chi connectivity index (χ4v) is 3.34. The van der Waals surface area contributed by atoms with Crippen LogP contribution in [0.4, 0.5) is 0 Å². The molecule has 1 aliphatic carbocycles. The second-order valence-electron chi connectivity index (χ2n) is 6.72. The van der Waals surface area contributed by atoms with Gasteiger partial charge < -0.3 is 9.09 Å². The molecule has 1 atom stereocenters. The summed E-state index contributed by atoms with van der Waals surface area (Å²) in [4.78, 5) is 11.4. The molecular formula is C16H23N5O. The summed E-state index contributed by atoms with van der Waals surface area (Å²) in [6, 6.07) is 0. The molecule has 118 valence electrons. The van der Waals surface area contributed by atoms with Gasteiger partial charge in [-0.1, -0.05) is 5.16 Å². The molecule has 4 rings (SSSR count). The van der Waals surface area contributed by atoms with Gasteiger partial charge >= 0.3 is 0 Å². The van der Waals surface area contributed by atoms with E-state index in [0.29, 0.717) is 11.8 Å². The van der Waals surface area contributed by atoms with E-state index >= 15 is 0 Å². The topological polar surface area (TPSA) is 60.0 Å². The molecule has 0 bridgehead atoms. The Balaban J connectivity index is 1.34. The zero-order chi connectivity index (χ0) is 14.9. The third-order valence-corrected chi connectivity index (χ3v) is 4.78. The minimum absolute atomic E-state index is 0.565. The first-order valence-electron chi connectivity index (χ1n) is 8.29. The molecule has 6 nitrogen and oxygen atoms in total. The minimum Gasteiger partial charge on any atom is -0.338 e. The number of imidazole rings is 1. The van der Waals surface area contributed by atoms with Crippen LogP contribution in [0.15, 0.2) is 16.9 Å². The average Bonchev–Trinajstić information content (AvgIpc) is 3.14. The van der Waals surface area contributed by atoms with Crippen molar-refractivity contribution in [3.05, 3.63) is 29.9 Å². The maximum atomic E-state index is 5.41. The number of piperidine rings is 1. The summed E-state index contributed by atoms with van der Waals surface area (Å²) in [5.74, 6) is 4.10. The summed E-state index contributed by atoms with van der Waals surface area (Å²) in [7, 11) is 2.07. The molecular weight excluding hydrogens is 278 g/mol. The molecule has 0 amide bonds. The first-order valence-corrected chi connectivity index (χ1v) is 8.29. The van der Waals surface area contributed by atoms with E-state index in [1.54, 1.807) is 0 Å². The van der Waals surface area contributed by atoms with E-state index in [2.05, 4.69) is 31.6 Å². The molecule has 0 N–H and O–H groups in total. The maximum Gasteiger partial charge on any atom is 0.240 e. The lowest BCUT2D eigenvalue weighted by Crippen LogP contribution is -2.36. The fourth-order valence-electron chi connectivity index (χ4n) is 3.34. The Labute approximate surface area is 130 Å². The number of aryl methyl sites for hydroxylation is 1. The van der Waals surface area contributed by atoms with Crippen LogP contribution in [0, 0.1) is 5.92 Å². The summed E-state index contributed by atoms with van der Waals surface area (Å²) in [5.41, 5.74) is 0. The van der Waals surface area contributed by atoms with Gasteiger partial charge in [-0.15, -0.1) is 0 Å². The lowest BCUT2D eigenvalue weighted by atomic mass is 9.94. The summed E-state index contributed by atoms with van der Waals surface area (Å²) >= 11 is 0. The van der Waals surface area contributed by atoms with Gasteiger partial charge in [0, 0.05) is 38.3 Å². The first-order chi connectivity index (χ1) is 10.8. The molecule has 0 aromatic carbocycles. The maximum absolute atomic E-state index is 5.41. The predicted molar refractivity (Wildman–Crippen MR) is 81.2 cm³/mol. The highest BCUT2D eigenvalue weighted by molar-refractivity contribution is 5.03. The summed E-state index contributed by atoms with van der Waals surface area (Å²) in [6.45, 7) is 3.00. The van der Waals surface area contributed by atoms with Crippen LogP contribution in [0.3, 0.4) is 0 Å². The van der Waals surface area contributed by atoms with Gasteiger partial charge in [0.15, 0.2) is 5.82 Å². The van der Waals surface area contributed by atoms with Crippen molar-refractivity contribution in [2.75, 3.05) is 13.1 Å². The quantitative estimate of drug-likeness (QED) is 0.846. The highest BCUT2D eigenvalue weighted by Gasteiger charge is 2.29. The molecule has 2 aromatic rings. The Morgan fingerprint density at radius 2 is 2.23 bits per heavy atom. The molecule has 0 unspecified atom stereocenters. The number of likely N-dealkylation sites (tertiary alicyclic amines) is 1. The SMILES string of the molecule is Cn1ccnc1C[C@H]1CCCN(Cc2nc(C3CC3)no2)C1. The van der Waals surface area contributed by atoms with Gasteiger partial charge in [-0.3, -0.25) is 4.90 Å². The Kier molecular flexibility index (Phi) is 3.70. The molecule has 2 fully saturated rings. The number of aromatic nitrogens is 4. The Hall–Kier alpha value is -1.69. The van der Waals surface area contributed by atoms with E-state index in [4.69, 9.17) is 4.52 Å². The smallest absolute Gasteiger partial charge is 0.240 e. The molecule has 0 spiro atoms. The van der Waals surface area contributed by atoms with Crippen LogP contribution in [0.5, 0.6) is 0 Å². The van der Waals surface area contributed by atoms with E-state index in [-0.39, 0.29) is 0 Å². The molecule has 22 heavy (non-hydrogen) atoms. The molecule has 2 aromatic heterocycles. The van der Waals surface area contributed by atoms with E-state index < -0.39 is 0 Å². The van der Waals surface area contributed by atoms with Gasteiger partial charge in [0.2, 0.25) is 5.89 Å². The van der Waals surface area contributed by atoms with Crippen molar-refractivity contribution >= 4 is 0 Å². The second kappa shape index (κ2) is 5.83. The Bertz CT molecular complexity index is 630. The van der Waals surface area contributed by atoms with Gasteiger partial charge in [0.25, 0.3) is 0 Å². The van der Waals surface area contributed by atoms with Crippen molar-refractivity contribution in [2.24, 2.45) is 13.0 Å². The zero-order valence-electron chi connectivity index (χ0n) is 13.1. The van der Waals surface area contributed by atoms with Crippen molar-refractivity contribution in [1.29, 1.82) is 0 Å². The highest BCUT2D eigenvalue weighted by atomic mass is 16.5. The van der Waals surface area contributed by atoms with Crippen LogP contribution < -0.4 is 0 Å². The fraction of sp³-hybridized carbons (Fsp3) is 0.688. The number of nitrogens with zero attached hydrogens (tertiary/aromatic N) is 5. The molecule has 1 saturated carbocycles. The Morgan fingerprint density at radius 1 is 1.32 bits per heavy atom. The van der Waals surface area contributed by atoms with E-state index in [9.17, 15) is 0 Å². The molecule has 0 radical (unpaired) electrons. The summed E-state index contributed by atoms with van der Waals surface area (Å²) < 4.78 is 7.53. The predicted octanol–water partition coefficient (Wildman–Crippen LogP) is 2.14. The van der Waals surface area contributed by atoms with Crippen molar-refractivity contribution < 1.29 is 4.52 Å². The van der Waals surface area contributed by atoms with E-state index in [1.165, 1.54) is 31.5 Å². The van der Waals surface area contributed by atoms with Crippen molar-refractivity contribution in [3.8, 4) is 0 Å². The van der Waals surface area contributed by atoms with E-state index in [1.807, 2.05) is 12.4 Å². The average molecular weight is 301 g/mol. The molecule has 6 heteroatoms. The van der Waals surface area contributed by atoms with Gasteiger partial charge in [-0.05, 0) is 38.1 Å². The van der Waals surface area contributed by atoms with E-state index in [0.717, 1.165) is 37.8 Å². The number of rotatable bonds is 5. The second-order valence-corrected chi connectivity index (χ2v) is 6.72. The van der Waals surface area contributed by atoms with Gasteiger partial charge in [-0.25, -0.2) is 4.98 Å². The monoisotopic (exact) mass is 301 g/mol.